The highest BCUT2D eigenvalue weighted by atomic mass is 35.7. The minimum absolute atomic E-state index is 0.392. The van der Waals surface area contributed by atoms with Crippen molar-refractivity contribution < 1.29 is 0 Å². The number of benzene rings is 2. The van der Waals surface area contributed by atoms with E-state index >= 15 is 0 Å². The van der Waals surface area contributed by atoms with E-state index in [0.29, 0.717) is 7.93 Å². The molecular weight excluding hydrogens is 331 g/mol. The molecule has 2 heteroatoms. The molecule has 0 bridgehead atoms. The summed E-state index contributed by atoms with van der Waals surface area (Å²) >= 11 is 5.85. The Morgan fingerprint density at radius 2 is 1.00 bits per heavy atom. The molecule has 0 heterocycles. The Balaban J connectivity index is 1.40. The maximum atomic E-state index is 5.85. The molecule has 0 aromatic heterocycles. The highest BCUT2D eigenvalue weighted by Gasteiger charge is 1.97. The minimum Gasteiger partial charge on any atom is -0.0948 e. The topological polar surface area (TPSA) is 0 Å². The van der Waals surface area contributed by atoms with Crippen molar-refractivity contribution in [2.45, 2.75) is 64.2 Å². The van der Waals surface area contributed by atoms with Gasteiger partial charge in [0.25, 0.3) is 0 Å². The molecule has 0 aliphatic carbocycles. The van der Waals surface area contributed by atoms with Crippen LogP contribution in [0.5, 0.6) is 0 Å². The number of unbranched alkanes of at least 4 members (excludes halogenated alkanes) is 7. The molecule has 2 aromatic rings. The predicted octanol–water partition coefficient (Wildman–Crippen LogP) is 7.05. The van der Waals surface area contributed by atoms with Crippen LogP contribution in [-0.2, 0) is 12.8 Å². The zero-order valence-corrected chi connectivity index (χ0v) is 16.4. The second-order valence-electron chi connectivity index (χ2n) is 6.61. The van der Waals surface area contributed by atoms with Crippen LogP contribution in [0.3, 0.4) is 0 Å². The Hall–Kier alpha value is -0.840. The third-order valence-corrected chi connectivity index (χ3v) is 5.79. The smallest absolute Gasteiger partial charge is 0.00659 e. The van der Waals surface area contributed by atoms with Crippen molar-refractivity contribution in [2.24, 2.45) is 0 Å². The Labute approximate surface area is 154 Å². The Bertz CT molecular complexity index is 536. The molecule has 0 aliphatic heterocycles. The summed E-state index contributed by atoms with van der Waals surface area (Å²) in [4.78, 5) is 0. The highest BCUT2D eigenvalue weighted by molar-refractivity contribution is 7.74. The van der Waals surface area contributed by atoms with E-state index in [-0.39, 0.29) is 0 Å². The lowest BCUT2D eigenvalue weighted by Gasteiger charge is -2.04. The van der Waals surface area contributed by atoms with Crippen LogP contribution < -0.4 is 5.30 Å². The summed E-state index contributed by atoms with van der Waals surface area (Å²) in [7, 11) is 0.392. The van der Waals surface area contributed by atoms with E-state index in [1.807, 2.05) is 0 Å². The van der Waals surface area contributed by atoms with Gasteiger partial charge in [0.1, 0.15) is 0 Å². The number of hydrogen-bond acceptors (Lipinski definition) is 0. The fourth-order valence-corrected chi connectivity index (χ4v) is 3.77. The average Bonchev–Trinajstić information content (AvgIpc) is 2.64. The molecule has 0 radical (unpaired) electrons. The van der Waals surface area contributed by atoms with Crippen LogP contribution in [0.1, 0.15) is 62.5 Å². The summed E-state index contributed by atoms with van der Waals surface area (Å²) in [5, 5.41) is 1.24. The normalized spacial score (nSPS) is 11.4. The molecule has 0 spiro atoms. The van der Waals surface area contributed by atoms with E-state index in [4.69, 9.17) is 11.2 Å². The summed E-state index contributed by atoms with van der Waals surface area (Å²) < 4.78 is 0. The van der Waals surface area contributed by atoms with Gasteiger partial charge in [0, 0.05) is 7.93 Å². The third-order valence-electron chi connectivity index (χ3n) is 4.59. The van der Waals surface area contributed by atoms with Crippen molar-refractivity contribution >= 4 is 24.5 Å². The van der Waals surface area contributed by atoms with E-state index < -0.39 is 0 Å². The third kappa shape index (κ3) is 8.32. The van der Waals surface area contributed by atoms with Crippen molar-refractivity contribution in [2.75, 3.05) is 0 Å². The first kappa shape index (κ1) is 19.5. The molecule has 0 saturated carbocycles. The Kier molecular flexibility index (Phi) is 10.2. The van der Waals surface area contributed by atoms with Gasteiger partial charge in [-0.25, -0.2) is 0 Å². The molecule has 1 unspecified atom stereocenters. The van der Waals surface area contributed by atoms with Gasteiger partial charge in [-0.1, -0.05) is 104 Å². The number of aryl methyl sites for hydroxylation is 2. The summed E-state index contributed by atoms with van der Waals surface area (Å²) in [5.74, 6) is 0. The lowest BCUT2D eigenvalue weighted by Crippen LogP contribution is -1.93. The largest absolute Gasteiger partial charge is 0.0948 e. The summed E-state index contributed by atoms with van der Waals surface area (Å²) in [6, 6.07) is 19.6. The second kappa shape index (κ2) is 12.5. The molecular formula is C22H30ClP. The lowest BCUT2D eigenvalue weighted by atomic mass is 10.0. The molecule has 0 fully saturated rings. The minimum atomic E-state index is 0.392. The molecule has 1 atom stereocenters. The van der Waals surface area contributed by atoms with Gasteiger partial charge in [-0.3, -0.25) is 0 Å². The fourth-order valence-electron chi connectivity index (χ4n) is 3.10. The van der Waals surface area contributed by atoms with Crippen LogP contribution in [0, 0.1) is 0 Å². The zero-order valence-electron chi connectivity index (χ0n) is 14.6. The van der Waals surface area contributed by atoms with Gasteiger partial charge < -0.3 is 0 Å². The van der Waals surface area contributed by atoms with E-state index in [1.54, 1.807) is 0 Å². The first-order chi connectivity index (χ1) is 11.9. The van der Waals surface area contributed by atoms with E-state index in [1.165, 1.54) is 80.6 Å². The van der Waals surface area contributed by atoms with Crippen LogP contribution >= 0.6 is 19.2 Å². The van der Waals surface area contributed by atoms with E-state index in [9.17, 15) is 0 Å². The van der Waals surface area contributed by atoms with Crippen LogP contribution in [0.15, 0.2) is 54.6 Å². The van der Waals surface area contributed by atoms with Crippen LogP contribution in [-0.4, -0.2) is 0 Å². The first-order valence-electron chi connectivity index (χ1n) is 9.38. The average molecular weight is 361 g/mol. The molecule has 0 aliphatic rings. The van der Waals surface area contributed by atoms with Crippen molar-refractivity contribution in [1.82, 2.24) is 0 Å². The summed E-state index contributed by atoms with van der Waals surface area (Å²) in [5.41, 5.74) is 2.94. The van der Waals surface area contributed by atoms with E-state index in [0.717, 1.165) is 0 Å². The molecule has 0 saturated heterocycles. The van der Waals surface area contributed by atoms with Gasteiger partial charge in [-0.15, -0.1) is 0 Å². The van der Waals surface area contributed by atoms with Crippen molar-refractivity contribution in [1.29, 1.82) is 0 Å². The second-order valence-corrected chi connectivity index (χ2v) is 7.94. The standard InChI is InChI=1S/C22H30ClP/c23-24-22-18-16-21(17-19-22)15-9-6-4-2-1-3-5-8-12-20-13-10-7-11-14-20/h7,10-11,13-14,16-19,24H,1-6,8-9,12,15H2. The number of halogens is 1. The van der Waals surface area contributed by atoms with Crippen LogP contribution in [0.2, 0.25) is 0 Å². The molecule has 2 aromatic carbocycles. The first-order valence-corrected chi connectivity index (χ1v) is 11.4. The molecule has 130 valence electrons. The molecule has 2 rings (SSSR count). The van der Waals surface area contributed by atoms with Gasteiger partial charge >= 0.3 is 0 Å². The van der Waals surface area contributed by atoms with Gasteiger partial charge in [0.15, 0.2) is 0 Å². The molecule has 24 heavy (non-hydrogen) atoms. The van der Waals surface area contributed by atoms with Crippen molar-refractivity contribution in [3.63, 3.8) is 0 Å². The van der Waals surface area contributed by atoms with Gasteiger partial charge in [-0.2, -0.15) is 0 Å². The maximum Gasteiger partial charge on any atom is 0.00659 e. The van der Waals surface area contributed by atoms with Gasteiger partial charge in [-0.05, 0) is 42.1 Å². The molecule has 0 N–H and O–H groups in total. The van der Waals surface area contributed by atoms with Gasteiger partial charge in [0.05, 0.1) is 0 Å². The molecule has 0 nitrogen and oxygen atoms in total. The predicted molar refractivity (Wildman–Crippen MR) is 111 cm³/mol. The number of hydrogen-bond donors (Lipinski definition) is 0. The SMILES string of the molecule is ClPc1ccc(CCCCCCCCCCc2ccccc2)cc1. The lowest BCUT2D eigenvalue weighted by molar-refractivity contribution is 0.567. The van der Waals surface area contributed by atoms with Crippen molar-refractivity contribution in [3.05, 3.63) is 65.7 Å². The summed E-state index contributed by atoms with van der Waals surface area (Å²) in [6.07, 6.45) is 13.4. The maximum absolute atomic E-state index is 5.85. The quantitative estimate of drug-likeness (QED) is 0.281. The monoisotopic (exact) mass is 360 g/mol. The Morgan fingerprint density at radius 1 is 0.542 bits per heavy atom. The zero-order chi connectivity index (χ0) is 16.9. The van der Waals surface area contributed by atoms with Crippen LogP contribution in [0.4, 0.5) is 0 Å². The number of rotatable bonds is 12. The van der Waals surface area contributed by atoms with Gasteiger partial charge in [0.2, 0.25) is 0 Å². The fraction of sp³-hybridized carbons (Fsp3) is 0.455. The van der Waals surface area contributed by atoms with Crippen molar-refractivity contribution in [3.8, 4) is 0 Å². The van der Waals surface area contributed by atoms with Crippen LogP contribution in [0.25, 0.3) is 0 Å². The summed E-state index contributed by atoms with van der Waals surface area (Å²) in [6.45, 7) is 0. The highest BCUT2D eigenvalue weighted by Crippen LogP contribution is 2.16. The Morgan fingerprint density at radius 3 is 1.50 bits per heavy atom. The molecule has 0 amide bonds. The van der Waals surface area contributed by atoms with E-state index in [2.05, 4.69) is 54.6 Å².